The third-order valence-electron chi connectivity index (χ3n) is 14.7. The SMILES string of the molecule is CCCCCCCCCC/C=C\CCCCCCCCCCCCCCCCCC(=O)NC(COP(=O)([O-])OCC[N+](C)(C)C)C(O)/C=C/CC/C=C/CC/C=C/CCCCCCCCCCCCCCCCCC. The normalized spacial score (nSPS) is 14.1. The van der Waals surface area contributed by atoms with Crippen molar-refractivity contribution in [3.63, 3.8) is 0 Å². The van der Waals surface area contributed by atoms with E-state index in [1.165, 1.54) is 250 Å². The summed E-state index contributed by atoms with van der Waals surface area (Å²) in [5, 5.41) is 13.9. The Morgan fingerprint density at radius 1 is 0.453 bits per heavy atom. The highest BCUT2D eigenvalue weighted by molar-refractivity contribution is 7.45. The van der Waals surface area contributed by atoms with Gasteiger partial charge in [-0.2, -0.15) is 0 Å². The molecule has 3 atom stereocenters. The van der Waals surface area contributed by atoms with E-state index in [9.17, 15) is 19.4 Å². The Hall–Kier alpha value is -1.54. The molecule has 0 aromatic carbocycles. The van der Waals surface area contributed by atoms with E-state index >= 15 is 0 Å². The zero-order valence-corrected chi connectivity index (χ0v) is 51.4. The second-order valence-corrected chi connectivity index (χ2v) is 24.9. The molecule has 0 aliphatic carbocycles. The van der Waals surface area contributed by atoms with Crippen LogP contribution in [-0.2, 0) is 18.4 Å². The molecule has 0 fully saturated rings. The van der Waals surface area contributed by atoms with E-state index < -0.39 is 26.6 Å². The number of allylic oxidation sites excluding steroid dienone is 7. The number of quaternary nitrogens is 1. The molecular formula is C66H127N2O6P. The predicted molar refractivity (Wildman–Crippen MR) is 325 cm³/mol. The summed E-state index contributed by atoms with van der Waals surface area (Å²) in [5.74, 6) is -0.207. The van der Waals surface area contributed by atoms with Crippen molar-refractivity contribution in [2.45, 2.75) is 328 Å². The van der Waals surface area contributed by atoms with Gasteiger partial charge in [-0.15, -0.1) is 0 Å². The van der Waals surface area contributed by atoms with Crippen LogP contribution in [0.15, 0.2) is 48.6 Å². The summed E-state index contributed by atoms with van der Waals surface area (Å²) in [6.07, 6.45) is 76.5. The third kappa shape index (κ3) is 60.0. The standard InChI is InChI=1S/C66H127N2O6P/c1-6-8-10-12-14-16-18-20-22-24-26-28-30-32-34-36-38-40-42-44-46-48-50-52-54-56-58-60-66(70)67-64(63-74-75(71,72)73-62-61-68(3,4)5)65(69)59-57-55-53-51-49-47-45-43-41-39-37-35-33-31-29-27-25-23-21-19-17-15-13-11-9-7-2/h24,26,41,43,49,51,57,59,64-65,69H,6-23,25,27-40,42,44-48,50,52-56,58,60-63H2,1-5H3,(H-,67,70,71,72)/b26-24-,43-41+,51-49+,59-57+. The maximum Gasteiger partial charge on any atom is 0.268 e. The maximum absolute atomic E-state index is 13.0. The lowest BCUT2D eigenvalue weighted by Gasteiger charge is -2.29. The summed E-state index contributed by atoms with van der Waals surface area (Å²) >= 11 is 0. The number of hydrogen-bond acceptors (Lipinski definition) is 6. The number of hydrogen-bond donors (Lipinski definition) is 2. The predicted octanol–water partition coefficient (Wildman–Crippen LogP) is 19.6. The third-order valence-corrected chi connectivity index (χ3v) is 15.7. The van der Waals surface area contributed by atoms with Gasteiger partial charge in [-0.1, -0.05) is 287 Å². The quantitative estimate of drug-likeness (QED) is 0.0272. The van der Waals surface area contributed by atoms with Crippen molar-refractivity contribution in [3.8, 4) is 0 Å². The summed E-state index contributed by atoms with van der Waals surface area (Å²) in [6.45, 7) is 4.66. The van der Waals surface area contributed by atoms with Gasteiger partial charge in [0.25, 0.3) is 7.82 Å². The van der Waals surface area contributed by atoms with Gasteiger partial charge in [-0.3, -0.25) is 9.36 Å². The lowest BCUT2D eigenvalue weighted by atomic mass is 10.0. The molecule has 0 aliphatic heterocycles. The topological polar surface area (TPSA) is 108 Å². The molecule has 3 unspecified atom stereocenters. The Kier molecular flexibility index (Phi) is 56.0. The number of unbranched alkanes of at least 4 members (excludes halogenated alkanes) is 41. The number of rotatable bonds is 60. The van der Waals surface area contributed by atoms with E-state index in [-0.39, 0.29) is 12.5 Å². The number of aliphatic hydroxyl groups excluding tert-OH is 1. The lowest BCUT2D eigenvalue weighted by molar-refractivity contribution is -0.870. The maximum atomic E-state index is 13.0. The molecule has 0 spiro atoms. The largest absolute Gasteiger partial charge is 0.756 e. The van der Waals surface area contributed by atoms with Gasteiger partial charge in [0.05, 0.1) is 39.9 Å². The van der Waals surface area contributed by atoms with Crippen LogP contribution in [0, 0.1) is 0 Å². The van der Waals surface area contributed by atoms with Gasteiger partial charge >= 0.3 is 0 Å². The monoisotopic (exact) mass is 1070 g/mol. The molecule has 0 aliphatic rings. The van der Waals surface area contributed by atoms with E-state index in [2.05, 4.69) is 55.6 Å². The number of carbonyl (C=O) groups is 1. The van der Waals surface area contributed by atoms with Crippen LogP contribution in [0.5, 0.6) is 0 Å². The summed E-state index contributed by atoms with van der Waals surface area (Å²) in [4.78, 5) is 25.6. The van der Waals surface area contributed by atoms with E-state index in [1.807, 2.05) is 27.2 Å². The Balaban J connectivity index is 4.18. The number of nitrogens with zero attached hydrogens (tertiary/aromatic N) is 1. The highest BCUT2D eigenvalue weighted by atomic mass is 31.2. The van der Waals surface area contributed by atoms with Crippen molar-refractivity contribution in [1.29, 1.82) is 0 Å². The van der Waals surface area contributed by atoms with Gasteiger partial charge in [-0.25, -0.2) is 0 Å². The van der Waals surface area contributed by atoms with E-state index in [0.717, 1.165) is 44.9 Å². The van der Waals surface area contributed by atoms with Crippen molar-refractivity contribution >= 4 is 13.7 Å². The van der Waals surface area contributed by atoms with Crippen LogP contribution in [0.2, 0.25) is 0 Å². The average Bonchev–Trinajstić information content (AvgIpc) is 3.37. The molecule has 0 saturated carbocycles. The number of nitrogens with one attached hydrogen (secondary N) is 1. The Labute approximate surface area is 467 Å². The Morgan fingerprint density at radius 2 is 0.747 bits per heavy atom. The first kappa shape index (κ1) is 73.5. The molecule has 0 aromatic heterocycles. The summed E-state index contributed by atoms with van der Waals surface area (Å²) in [5.41, 5.74) is 0. The van der Waals surface area contributed by atoms with Crippen LogP contribution < -0.4 is 10.2 Å². The Bertz CT molecular complexity index is 1360. The minimum Gasteiger partial charge on any atom is -0.756 e. The first-order valence-electron chi connectivity index (χ1n) is 32.5. The van der Waals surface area contributed by atoms with Crippen LogP contribution in [0.1, 0.15) is 316 Å². The highest BCUT2D eigenvalue weighted by Crippen LogP contribution is 2.38. The van der Waals surface area contributed by atoms with Crippen molar-refractivity contribution in [2.24, 2.45) is 0 Å². The number of amides is 1. The van der Waals surface area contributed by atoms with Crippen LogP contribution in [0.4, 0.5) is 0 Å². The van der Waals surface area contributed by atoms with Crippen molar-refractivity contribution in [1.82, 2.24) is 5.32 Å². The number of aliphatic hydroxyl groups is 1. The van der Waals surface area contributed by atoms with E-state index in [0.29, 0.717) is 17.4 Å². The molecule has 0 bridgehead atoms. The van der Waals surface area contributed by atoms with Gasteiger partial charge in [0.2, 0.25) is 5.91 Å². The number of phosphoric ester groups is 1. The molecule has 8 nitrogen and oxygen atoms in total. The number of carbonyl (C=O) groups excluding carboxylic acids is 1. The first-order valence-corrected chi connectivity index (χ1v) is 34.0. The van der Waals surface area contributed by atoms with E-state index in [4.69, 9.17) is 9.05 Å². The molecule has 0 aromatic rings. The number of phosphoric acid groups is 1. The van der Waals surface area contributed by atoms with Crippen LogP contribution in [0.3, 0.4) is 0 Å². The summed E-state index contributed by atoms with van der Waals surface area (Å²) in [6, 6.07) is -0.911. The second kappa shape index (κ2) is 57.2. The zero-order valence-electron chi connectivity index (χ0n) is 50.5. The van der Waals surface area contributed by atoms with Crippen LogP contribution in [0.25, 0.3) is 0 Å². The molecular weight excluding hydrogens is 948 g/mol. The van der Waals surface area contributed by atoms with Gasteiger partial charge in [-0.05, 0) is 70.6 Å². The molecule has 0 radical (unpaired) electrons. The first-order chi connectivity index (χ1) is 36.5. The summed E-state index contributed by atoms with van der Waals surface area (Å²) < 4.78 is 23.4. The molecule has 1 amide bonds. The summed E-state index contributed by atoms with van der Waals surface area (Å²) in [7, 11) is 1.24. The van der Waals surface area contributed by atoms with Crippen LogP contribution in [-0.4, -0.2) is 68.5 Å². The smallest absolute Gasteiger partial charge is 0.268 e. The molecule has 0 heterocycles. The molecule has 442 valence electrons. The Morgan fingerprint density at radius 3 is 1.08 bits per heavy atom. The minimum atomic E-state index is -4.61. The van der Waals surface area contributed by atoms with Crippen molar-refractivity contribution in [3.05, 3.63) is 48.6 Å². The lowest BCUT2D eigenvalue weighted by Crippen LogP contribution is -2.45. The molecule has 9 heteroatoms. The zero-order chi connectivity index (χ0) is 54.9. The highest BCUT2D eigenvalue weighted by Gasteiger charge is 2.23. The fraction of sp³-hybridized carbons (Fsp3) is 0.864. The fourth-order valence-corrected chi connectivity index (χ4v) is 10.4. The van der Waals surface area contributed by atoms with Gasteiger partial charge in [0.1, 0.15) is 13.2 Å². The van der Waals surface area contributed by atoms with Crippen molar-refractivity contribution in [2.75, 3.05) is 40.9 Å². The van der Waals surface area contributed by atoms with Gasteiger partial charge < -0.3 is 28.8 Å². The fourth-order valence-electron chi connectivity index (χ4n) is 9.65. The van der Waals surface area contributed by atoms with E-state index in [1.54, 1.807) is 6.08 Å². The molecule has 0 rings (SSSR count). The minimum absolute atomic E-state index is 0.00858. The van der Waals surface area contributed by atoms with Gasteiger partial charge in [0, 0.05) is 6.42 Å². The molecule has 75 heavy (non-hydrogen) atoms. The average molecular weight is 1080 g/mol. The van der Waals surface area contributed by atoms with Gasteiger partial charge in [0.15, 0.2) is 0 Å². The van der Waals surface area contributed by atoms with Crippen molar-refractivity contribution < 1.29 is 32.9 Å². The van der Waals surface area contributed by atoms with Crippen LogP contribution >= 0.6 is 7.82 Å². The second-order valence-electron chi connectivity index (χ2n) is 23.4. The number of likely N-dealkylation sites (N-methyl/N-ethyl adjacent to an activating group) is 1. The molecule has 0 saturated heterocycles. The molecule has 2 N–H and O–H groups in total.